The fraction of sp³-hybridized carbons (Fsp3) is 0.296. The first kappa shape index (κ1) is 22.9. The second-order valence-electron chi connectivity index (χ2n) is 8.61. The summed E-state index contributed by atoms with van der Waals surface area (Å²) < 4.78 is 0. The molecule has 0 saturated heterocycles. The Morgan fingerprint density at radius 1 is 1.15 bits per heavy atom. The van der Waals surface area contributed by atoms with Crippen molar-refractivity contribution in [3.8, 4) is 6.07 Å². The molecule has 0 saturated carbocycles. The van der Waals surface area contributed by atoms with E-state index in [1.54, 1.807) is 0 Å². The number of hydrogen-bond acceptors (Lipinski definition) is 5. The molecule has 4 rings (SSSR count). The first-order valence-electron chi connectivity index (χ1n) is 11.2. The summed E-state index contributed by atoms with van der Waals surface area (Å²) in [6.45, 7) is 4.28. The molecule has 1 amide bonds. The molecule has 5 nitrogen and oxygen atoms in total. The Labute approximate surface area is 199 Å². The molecule has 1 heterocycles. The summed E-state index contributed by atoms with van der Waals surface area (Å²) in [5.74, 6) is 0.117. The third kappa shape index (κ3) is 5.04. The molecule has 2 aromatic rings. The van der Waals surface area contributed by atoms with E-state index in [0.29, 0.717) is 28.5 Å². The molecule has 0 spiro atoms. The maximum absolute atomic E-state index is 12.9. The fourth-order valence-corrected chi connectivity index (χ4v) is 5.16. The smallest absolute Gasteiger partial charge is 0.234 e. The summed E-state index contributed by atoms with van der Waals surface area (Å²) in [4.78, 5) is 25.4. The fourth-order valence-electron chi connectivity index (χ4n) is 4.30. The minimum atomic E-state index is -0.403. The Kier molecular flexibility index (Phi) is 7.00. The number of Topliss-reactive ketones (excluding diaryl/α,β-unsaturated/α-hetero) is 1. The third-order valence-corrected chi connectivity index (χ3v) is 7.02. The first-order valence-corrected chi connectivity index (χ1v) is 12.2. The molecule has 1 aliphatic heterocycles. The summed E-state index contributed by atoms with van der Waals surface area (Å²) in [5.41, 5.74) is 4.97. The van der Waals surface area contributed by atoms with E-state index in [4.69, 9.17) is 0 Å². The normalized spacial score (nSPS) is 18.0. The van der Waals surface area contributed by atoms with Crippen molar-refractivity contribution in [1.29, 1.82) is 5.26 Å². The van der Waals surface area contributed by atoms with Crippen LogP contribution in [0.15, 0.2) is 76.5 Å². The van der Waals surface area contributed by atoms with Gasteiger partial charge < -0.3 is 10.6 Å². The van der Waals surface area contributed by atoms with E-state index in [-0.39, 0.29) is 17.4 Å². The Hall–Kier alpha value is -3.30. The van der Waals surface area contributed by atoms with Gasteiger partial charge in [-0.05, 0) is 42.0 Å². The number of nitrogens with one attached hydrogen (secondary N) is 2. The zero-order valence-electron chi connectivity index (χ0n) is 18.9. The SMILES string of the molecule is CC(C)c1ccc([C@H]2C(C#N)=C(SCC(=O)Nc3ccccc3)NC3=C2C(=O)CCC3)cc1. The third-order valence-electron chi connectivity index (χ3n) is 6.00. The molecule has 0 unspecified atom stereocenters. The number of ketones is 1. The molecule has 0 aromatic heterocycles. The van der Waals surface area contributed by atoms with Crippen LogP contribution in [0.5, 0.6) is 0 Å². The Bertz CT molecular complexity index is 1160. The summed E-state index contributed by atoms with van der Waals surface area (Å²) >= 11 is 1.31. The largest absolute Gasteiger partial charge is 0.352 e. The first-order chi connectivity index (χ1) is 16.0. The average molecular weight is 458 g/mol. The highest BCUT2D eigenvalue weighted by molar-refractivity contribution is 8.03. The van der Waals surface area contributed by atoms with Gasteiger partial charge in [-0.3, -0.25) is 9.59 Å². The number of anilines is 1. The van der Waals surface area contributed by atoms with Gasteiger partial charge in [0, 0.05) is 23.4 Å². The average Bonchev–Trinajstić information content (AvgIpc) is 2.82. The second kappa shape index (κ2) is 10.1. The highest BCUT2D eigenvalue weighted by atomic mass is 32.2. The van der Waals surface area contributed by atoms with Crippen molar-refractivity contribution < 1.29 is 9.59 Å². The molecule has 1 aliphatic carbocycles. The molecule has 1 atom stereocenters. The van der Waals surface area contributed by atoms with E-state index in [9.17, 15) is 14.9 Å². The summed E-state index contributed by atoms with van der Waals surface area (Å²) in [6, 6.07) is 19.8. The Balaban J connectivity index is 1.63. The zero-order valence-corrected chi connectivity index (χ0v) is 19.7. The van der Waals surface area contributed by atoms with E-state index in [1.165, 1.54) is 17.3 Å². The van der Waals surface area contributed by atoms with Gasteiger partial charge in [0.1, 0.15) is 0 Å². The van der Waals surface area contributed by atoms with Crippen LogP contribution in [-0.4, -0.2) is 17.4 Å². The standard InChI is InChI=1S/C27H27N3O2S/c1-17(2)18-11-13-19(14-12-18)25-21(15-28)27(30-22-9-6-10-23(31)26(22)25)33-16-24(32)29-20-7-4-3-5-8-20/h3-5,7-8,11-14,17,25,30H,6,9-10,16H2,1-2H3,(H,29,32)/t25-/m0/s1. The van der Waals surface area contributed by atoms with Gasteiger partial charge in [-0.2, -0.15) is 5.26 Å². The molecule has 0 radical (unpaired) electrons. The van der Waals surface area contributed by atoms with Crippen molar-refractivity contribution >= 4 is 29.1 Å². The van der Waals surface area contributed by atoms with Crippen LogP contribution in [-0.2, 0) is 9.59 Å². The van der Waals surface area contributed by atoms with Crippen LogP contribution in [0.1, 0.15) is 56.1 Å². The molecule has 2 aromatic carbocycles. The molecule has 2 N–H and O–H groups in total. The van der Waals surface area contributed by atoms with Gasteiger partial charge in [0.15, 0.2) is 5.78 Å². The van der Waals surface area contributed by atoms with Gasteiger partial charge in [0.25, 0.3) is 0 Å². The van der Waals surface area contributed by atoms with Gasteiger partial charge in [-0.15, -0.1) is 0 Å². The van der Waals surface area contributed by atoms with Gasteiger partial charge in [0.05, 0.1) is 28.3 Å². The molecular formula is C27H27N3O2S. The van der Waals surface area contributed by atoms with Crippen molar-refractivity contribution in [2.24, 2.45) is 0 Å². The Morgan fingerprint density at radius 2 is 1.88 bits per heavy atom. The quantitative estimate of drug-likeness (QED) is 0.589. The minimum absolute atomic E-state index is 0.0975. The molecular weight excluding hydrogens is 430 g/mol. The van der Waals surface area contributed by atoms with Crippen LogP contribution in [0.25, 0.3) is 0 Å². The molecule has 0 fully saturated rings. The Morgan fingerprint density at radius 3 is 2.55 bits per heavy atom. The van der Waals surface area contributed by atoms with Gasteiger partial charge >= 0.3 is 0 Å². The number of nitriles is 1. The van der Waals surface area contributed by atoms with Crippen LogP contribution < -0.4 is 10.6 Å². The van der Waals surface area contributed by atoms with Crippen LogP contribution in [0, 0.1) is 11.3 Å². The zero-order chi connectivity index (χ0) is 23.4. The molecule has 2 aliphatic rings. The number of amides is 1. The van der Waals surface area contributed by atoms with Crippen LogP contribution in [0.4, 0.5) is 5.69 Å². The summed E-state index contributed by atoms with van der Waals surface area (Å²) in [7, 11) is 0. The number of benzene rings is 2. The maximum Gasteiger partial charge on any atom is 0.234 e. The second-order valence-corrected chi connectivity index (χ2v) is 9.59. The number of allylic oxidation sites excluding steroid dienone is 3. The number of rotatable bonds is 6. The molecule has 0 bridgehead atoms. The van der Waals surface area contributed by atoms with Crippen molar-refractivity contribution in [3.05, 3.63) is 87.6 Å². The van der Waals surface area contributed by atoms with Crippen molar-refractivity contribution in [2.75, 3.05) is 11.1 Å². The predicted octanol–water partition coefficient (Wildman–Crippen LogP) is 5.61. The van der Waals surface area contributed by atoms with Gasteiger partial charge in [-0.25, -0.2) is 0 Å². The molecule has 168 valence electrons. The van der Waals surface area contributed by atoms with E-state index in [0.717, 1.165) is 29.8 Å². The maximum atomic E-state index is 12.9. The number of para-hydroxylation sites is 1. The lowest BCUT2D eigenvalue weighted by Crippen LogP contribution is -2.31. The lowest BCUT2D eigenvalue weighted by molar-refractivity contribution is -0.116. The number of thioether (sulfide) groups is 1. The van der Waals surface area contributed by atoms with Crippen molar-refractivity contribution in [2.45, 2.75) is 44.9 Å². The van der Waals surface area contributed by atoms with Crippen LogP contribution in [0.2, 0.25) is 0 Å². The molecule has 6 heteroatoms. The van der Waals surface area contributed by atoms with Crippen molar-refractivity contribution in [3.63, 3.8) is 0 Å². The van der Waals surface area contributed by atoms with E-state index in [2.05, 4.69) is 42.7 Å². The van der Waals surface area contributed by atoms with Crippen LogP contribution in [0.3, 0.4) is 0 Å². The predicted molar refractivity (Wildman–Crippen MR) is 132 cm³/mol. The number of hydrogen-bond donors (Lipinski definition) is 2. The van der Waals surface area contributed by atoms with Crippen molar-refractivity contribution in [1.82, 2.24) is 5.32 Å². The van der Waals surface area contributed by atoms with E-state index in [1.807, 2.05) is 42.5 Å². The van der Waals surface area contributed by atoms with Gasteiger partial charge in [-0.1, -0.05) is 68.1 Å². The number of dihydropyridines is 1. The van der Waals surface area contributed by atoms with E-state index < -0.39 is 5.92 Å². The molecule has 33 heavy (non-hydrogen) atoms. The minimum Gasteiger partial charge on any atom is -0.352 e. The highest BCUT2D eigenvalue weighted by Crippen LogP contribution is 2.44. The number of carbonyl (C=O) groups is 2. The van der Waals surface area contributed by atoms with E-state index >= 15 is 0 Å². The van der Waals surface area contributed by atoms with Gasteiger partial charge in [0.2, 0.25) is 5.91 Å². The highest BCUT2D eigenvalue weighted by Gasteiger charge is 2.37. The lowest BCUT2D eigenvalue weighted by atomic mass is 9.76. The lowest BCUT2D eigenvalue weighted by Gasteiger charge is -2.33. The van der Waals surface area contributed by atoms with Crippen LogP contribution >= 0.6 is 11.8 Å². The summed E-state index contributed by atoms with van der Waals surface area (Å²) in [5, 5.41) is 17.0. The monoisotopic (exact) mass is 457 g/mol. The number of nitrogens with zero attached hydrogens (tertiary/aromatic N) is 1. The topological polar surface area (TPSA) is 82.0 Å². The number of carbonyl (C=O) groups excluding carboxylic acids is 2. The summed E-state index contributed by atoms with van der Waals surface area (Å²) in [6.07, 6.45) is 2.06.